The number of hydrogen-bond donors (Lipinski definition) is 3. The van der Waals surface area contributed by atoms with E-state index in [4.69, 9.17) is 0 Å². The molecule has 4 heterocycles. The van der Waals surface area contributed by atoms with Crippen LogP contribution in [0.5, 0.6) is 0 Å². The first-order valence-electron chi connectivity index (χ1n) is 12.7. The van der Waals surface area contributed by atoms with Gasteiger partial charge < -0.3 is 14.9 Å². The van der Waals surface area contributed by atoms with Gasteiger partial charge in [-0.2, -0.15) is 5.10 Å². The van der Waals surface area contributed by atoms with Crippen molar-refractivity contribution in [2.75, 3.05) is 5.32 Å². The number of anilines is 1. The second-order valence-corrected chi connectivity index (χ2v) is 9.61. The number of imidazole rings is 1. The van der Waals surface area contributed by atoms with Crippen LogP contribution >= 0.6 is 0 Å². The molecule has 39 heavy (non-hydrogen) atoms. The molecule has 3 aromatic carbocycles. The van der Waals surface area contributed by atoms with Crippen LogP contribution in [0.4, 0.5) is 5.69 Å². The van der Waals surface area contributed by atoms with E-state index < -0.39 is 0 Å². The summed E-state index contributed by atoms with van der Waals surface area (Å²) in [6, 6.07) is 26.8. The van der Waals surface area contributed by atoms with Gasteiger partial charge in [0.25, 0.3) is 0 Å². The molecule has 7 heteroatoms. The van der Waals surface area contributed by atoms with E-state index in [0.717, 1.165) is 72.6 Å². The number of aromatic nitrogens is 6. The molecular weight excluding hydrogens is 482 g/mol. The number of nitrogens with one attached hydrogen (secondary N) is 3. The Hall–Kier alpha value is -5.43. The Morgan fingerprint density at radius 3 is 2.62 bits per heavy atom. The third kappa shape index (κ3) is 4.16. The van der Waals surface area contributed by atoms with Crippen molar-refractivity contribution in [2.45, 2.75) is 6.92 Å². The Kier molecular flexibility index (Phi) is 5.33. The van der Waals surface area contributed by atoms with Crippen LogP contribution in [0.2, 0.25) is 0 Å². The van der Waals surface area contributed by atoms with E-state index >= 15 is 0 Å². The van der Waals surface area contributed by atoms with Gasteiger partial charge in [0, 0.05) is 39.9 Å². The molecule has 0 saturated heterocycles. The molecule has 7 rings (SSSR count). The van der Waals surface area contributed by atoms with E-state index in [1.807, 2.05) is 62.2 Å². The molecule has 0 aliphatic rings. The van der Waals surface area contributed by atoms with Gasteiger partial charge in [-0.3, -0.25) is 10.1 Å². The van der Waals surface area contributed by atoms with E-state index in [-0.39, 0.29) is 0 Å². The highest BCUT2D eigenvalue weighted by Gasteiger charge is 2.15. The summed E-state index contributed by atoms with van der Waals surface area (Å²) < 4.78 is 2.05. The van der Waals surface area contributed by atoms with Crippen molar-refractivity contribution >= 4 is 33.2 Å². The number of benzene rings is 3. The third-order valence-electron chi connectivity index (χ3n) is 6.94. The minimum absolute atomic E-state index is 0.825. The third-order valence-corrected chi connectivity index (χ3v) is 6.94. The summed E-state index contributed by atoms with van der Waals surface area (Å²) >= 11 is 0. The van der Waals surface area contributed by atoms with Crippen molar-refractivity contribution in [1.82, 2.24) is 29.7 Å². The molecule has 188 valence electrons. The molecule has 3 N–H and O–H groups in total. The topological polar surface area (TPSA) is 87.2 Å². The van der Waals surface area contributed by atoms with Gasteiger partial charge in [0.15, 0.2) is 0 Å². The average Bonchev–Trinajstić information content (AvgIpc) is 3.71. The minimum atomic E-state index is 0.825. The Morgan fingerprint density at radius 1 is 0.872 bits per heavy atom. The first-order valence-corrected chi connectivity index (χ1v) is 12.7. The summed E-state index contributed by atoms with van der Waals surface area (Å²) in [4.78, 5) is 12.4. The number of hydrogen-bond acceptors (Lipinski definition) is 4. The second kappa shape index (κ2) is 9.15. The zero-order valence-electron chi connectivity index (χ0n) is 21.3. The van der Waals surface area contributed by atoms with Gasteiger partial charge in [-0.1, -0.05) is 49.0 Å². The van der Waals surface area contributed by atoms with Crippen LogP contribution in [0.25, 0.3) is 55.7 Å². The summed E-state index contributed by atoms with van der Waals surface area (Å²) in [6.07, 6.45) is 7.56. The van der Waals surface area contributed by atoms with E-state index in [1.54, 1.807) is 0 Å². The summed E-state index contributed by atoms with van der Waals surface area (Å²) in [7, 11) is 0. The zero-order chi connectivity index (χ0) is 26.3. The van der Waals surface area contributed by atoms with E-state index in [9.17, 15) is 0 Å². The fourth-order valence-corrected chi connectivity index (χ4v) is 5.00. The molecule has 0 amide bonds. The number of pyridine rings is 1. The van der Waals surface area contributed by atoms with Crippen molar-refractivity contribution in [1.29, 1.82) is 0 Å². The number of nitrogens with zero attached hydrogens (tertiary/aromatic N) is 4. The minimum Gasteiger partial charge on any atom is -0.354 e. The van der Waals surface area contributed by atoms with Crippen LogP contribution in [-0.2, 0) is 0 Å². The summed E-state index contributed by atoms with van der Waals surface area (Å²) in [6.45, 7) is 6.18. The second-order valence-electron chi connectivity index (χ2n) is 9.61. The molecule has 0 aliphatic heterocycles. The van der Waals surface area contributed by atoms with E-state index in [2.05, 4.69) is 90.1 Å². The molecule has 0 atom stereocenters. The lowest BCUT2D eigenvalue weighted by molar-refractivity contribution is 1.07. The fourth-order valence-electron chi connectivity index (χ4n) is 5.00. The SMILES string of the molecule is C=C(Nc1cncc(-c2ccc3[nH]nc(-c4cc5c(-n6cnc(C)c6)cccc5[nH]4)c3c2)c1)c1ccccc1. The van der Waals surface area contributed by atoms with Crippen LogP contribution < -0.4 is 5.32 Å². The highest BCUT2D eigenvalue weighted by molar-refractivity contribution is 5.99. The Bertz CT molecular complexity index is 1970. The van der Waals surface area contributed by atoms with Gasteiger partial charge in [-0.05, 0) is 54.4 Å². The molecule has 0 spiro atoms. The van der Waals surface area contributed by atoms with Gasteiger partial charge >= 0.3 is 0 Å². The number of rotatable bonds is 6. The van der Waals surface area contributed by atoms with Crippen LogP contribution in [0, 0.1) is 6.92 Å². The molecule has 0 aliphatic carbocycles. The number of aryl methyl sites for hydroxylation is 1. The van der Waals surface area contributed by atoms with Gasteiger partial charge in [-0.25, -0.2) is 4.98 Å². The lowest BCUT2D eigenvalue weighted by Gasteiger charge is -2.11. The maximum Gasteiger partial charge on any atom is 0.116 e. The molecule has 7 aromatic rings. The smallest absolute Gasteiger partial charge is 0.116 e. The van der Waals surface area contributed by atoms with Crippen LogP contribution in [-0.4, -0.2) is 29.7 Å². The highest BCUT2D eigenvalue weighted by atomic mass is 15.1. The monoisotopic (exact) mass is 507 g/mol. The highest BCUT2D eigenvalue weighted by Crippen LogP contribution is 2.34. The van der Waals surface area contributed by atoms with Crippen LogP contribution in [0.15, 0.2) is 110 Å². The fraction of sp³-hybridized carbons (Fsp3) is 0.0312. The quantitative estimate of drug-likeness (QED) is 0.220. The lowest BCUT2D eigenvalue weighted by Crippen LogP contribution is -1.98. The predicted molar refractivity (Wildman–Crippen MR) is 158 cm³/mol. The zero-order valence-corrected chi connectivity index (χ0v) is 21.3. The predicted octanol–water partition coefficient (Wildman–Crippen LogP) is 7.35. The van der Waals surface area contributed by atoms with Crippen molar-refractivity contribution in [3.63, 3.8) is 0 Å². The molecular formula is C32H25N7. The molecule has 4 aromatic heterocycles. The average molecular weight is 508 g/mol. The number of fused-ring (bicyclic) bond motifs is 2. The van der Waals surface area contributed by atoms with Crippen molar-refractivity contribution in [2.24, 2.45) is 0 Å². The molecule has 0 fully saturated rings. The van der Waals surface area contributed by atoms with E-state index in [0.29, 0.717) is 0 Å². The molecule has 7 nitrogen and oxygen atoms in total. The maximum absolute atomic E-state index is 4.68. The molecule has 0 bridgehead atoms. The standard InChI is InChI=1S/C32H25N7/c1-20-18-39(19-34-20)31-10-6-9-28-26(31)15-30(36-28)32-27-14-23(11-12-29(27)37-38-32)24-13-25(17-33-16-24)35-21(2)22-7-4-3-5-8-22/h3-19,35-36H,2H2,1H3,(H,37,38). The number of aromatic amines is 2. The Balaban J connectivity index is 1.25. The summed E-state index contributed by atoms with van der Waals surface area (Å²) in [5.41, 5.74) is 10.7. The summed E-state index contributed by atoms with van der Waals surface area (Å²) in [5, 5.41) is 13.4. The Morgan fingerprint density at radius 2 is 1.77 bits per heavy atom. The van der Waals surface area contributed by atoms with Crippen molar-refractivity contribution in [3.8, 4) is 28.2 Å². The maximum atomic E-state index is 4.68. The van der Waals surface area contributed by atoms with Crippen molar-refractivity contribution in [3.05, 3.63) is 122 Å². The van der Waals surface area contributed by atoms with Gasteiger partial charge in [0.2, 0.25) is 0 Å². The molecule has 0 saturated carbocycles. The van der Waals surface area contributed by atoms with Crippen molar-refractivity contribution < 1.29 is 0 Å². The first kappa shape index (κ1) is 22.7. The molecule has 0 radical (unpaired) electrons. The largest absolute Gasteiger partial charge is 0.354 e. The first-order chi connectivity index (χ1) is 19.1. The van der Waals surface area contributed by atoms with Crippen LogP contribution in [0.3, 0.4) is 0 Å². The summed E-state index contributed by atoms with van der Waals surface area (Å²) in [5.74, 6) is 0. The van der Waals surface area contributed by atoms with E-state index in [1.165, 1.54) is 0 Å². The van der Waals surface area contributed by atoms with Gasteiger partial charge in [-0.15, -0.1) is 0 Å². The number of H-pyrrole nitrogens is 2. The van der Waals surface area contributed by atoms with Gasteiger partial charge in [0.1, 0.15) is 5.69 Å². The van der Waals surface area contributed by atoms with Gasteiger partial charge in [0.05, 0.1) is 40.8 Å². The molecule has 0 unspecified atom stereocenters. The normalized spacial score (nSPS) is 11.3. The van der Waals surface area contributed by atoms with Crippen LogP contribution in [0.1, 0.15) is 11.3 Å². The Labute approximate surface area is 224 Å². The lowest BCUT2D eigenvalue weighted by atomic mass is 10.0.